The van der Waals surface area contributed by atoms with Gasteiger partial charge < -0.3 is 5.11 Å². The molecule has 6 heteroatoms. The van der Waals surface area contributed by atoms with Crippen molar-refractivity contribution in [1.29, 1.82) is 0 Å². The number of rotatable bonds is 4. The van der Waals surface area contributed by atoms with Crippen molar-refractivity contribution < 1.29 is 9.32 Å². The van der Waals surface area contributed by atoms with E-state index in [0.29, 0.717) is 10.3 Å². The Labute approximate surface area is 113 Å². The van der Waals surface area contributed by atoms with Gasteiger partial charge in [0, 0.05) is 0 Å². The summed E-state index contributed by atoms with van der Waals surface area (Å²) in [5.74, 6) is 0. The zero-order chi connectivity index (χ0) is 13.1. The summed E-state index contributed by atoms with van der Waals surface area (Å²) in [5.41, 5.74) is 0.666. The van der Waals surface area contributed by atoms with Gasteiger partial charge in [0.25, 0.3) is 0 Å². The second-order valence-electron chi connectivity index (χ2n) is 4.62. The van der Waals surface area contributed by atoms with Crippen molar-refractivity contribution in [2.24, 2.45) is 0 Å². The fraction of sp³-hybridized carbons (Fsp3) is 0.545. The summed E-state index contributed by atoms with van der Waals surface area (Å²) in [6, 6.07) is 5.00. The van der Waals surface area contributed by atoms with E-state index in [9.17, 15) is 9.32 Å². The lowest BCUT2D eigenvalue weighted by Crippen LogP contribution is -2.37. The van der Waals surface area contributed by atoms with Crippen LogP contribution in [0.2, 0.25) is 0 Å². The van der Waals surface area contributed by atoms with Crippen LogP contribution in [0.25, 0.3) is 0 Å². The normalized spacial score (nSPS) is 15.6. The molecule has 0 bridgehead atoms. The van der Waals surface area contributed by atoms with Crippen LogP contribution in [0.1, 0.15) is 32.5 Å². The number of nitrogens with zero attached hydrogens (tertiary/aromatic N) is 1. The van der Waals surface area contributed by atoms with E-state index in [1.54, 1.807) is 12.1 Å². The second kappa shape index (κ2) is 6.04. The van der Waals surface area contributed by atoms with Crippen LogP contribution in [-0.4, -0.2) is 25.7 Å². The first kappa shape index (κ1) is 14.8. The van der Waals surface area contributed by atoms with E-state index < -0.39 is 17.0 Å². The summed E-state index contributed by atoms with van der Waals surface area (Å²) in [5, 5.41) is 9.33. The van der Waals surface area contributed by atoms with E-state index in [0.717, 1.165) is 0 Å². The number of hydrogen-bond acceptors (Lipinski definition) is 3. The van der Waals surface area contributed by atoms with Crippen LogP contribution < -0.4 is 4.72 Å². The van der Waals surface area contributed by atoms with E-state index in [4.69, 9.17) is 0 Å². The summed E-state index contributed by atoms with van der Waals surface area (Å²) in [6.07, 6.45) is 0. The third kappa shape index (κ3) is 4.46. The van der Waals surface area contributed by atoms with Gasteiger partial charge in [-0.3, -0.25) is 0 Å². The Morgan fingerprint density at radius 3 is 2.65 bits per heavy atom. The number of aliphatic hydroxyl groups excluding tert-OH is 1. The molecule has 17 heavy (non-hydrogen) atoms. The van der Waals surface area contributed by atoms with Crippen molar-refractivity contribution in [1.82, 2.24) is 9.71 Å². The van der Waals surface area contributed by atoms with Gasteiger partial charge in [-0.25, -0.2) is 13.9 Å². The minimum atomic E-state index is -1.24. The van der Waals surface area contributed by atoms with Gasteiger partial charge in [0.1, 0.15) is 4.60 Å². The van der Waals surface area contributed by atoms with Crippen molar-refractivity contribution in [3.8, 4) is 0 Å². The highest BCUT2D eigenvalue weighted by Crippen LogP contribution is 2.17. The molecule has 0 fully saturated rings. The lowest BCUT2D eigenvalue weighted by atomic mass is 10.2. The number of aliphatic hydroxyl groups is 1. The minimum Gasteiger partial charge on any atom is -0.394 e. The van der Waals surface area contributed by atoms with Gasteiger partial charge in [0.05, 0.1) is 34.1 Å². The molecule has 1 heterocycles. The Kier molecular flexibility index (Phi) is 5.24. The molecule has 0 aliphatic rings. The van der Waals surface area contributed by atoms with Gasteiger partial charge in [-0.15, -0.1) is 0 Å². The number of pyridine rings is 1. The molecule has 0 saturated heterocycles. The number of hydrogen-bond donors (Lipinski definition) is 2. The van der Waals surface area contributed by atoms with Crippen molar-refractivity contribution in [3.63, 3.8) is 0 Å². The van der Waals surface area contributed by atoms with Crippen molar-refractivity contribution >= 4 is 26.9 Å². The van der Waals surface area contributed by atoms with E-state index in [-0.39, 0.29) is 11.4 Å². The molecule has 0 amide bonds. The minimum absolute atomic E-state index is 0.148. The van der Waals surface area contributed by atoms with E-state index in [1.807, 2.05) is 26.8 Å². The van der Waals surface area contributed by atoms with Crippen molar-refractivity contribution in [3.05, 3.63) is 28.5 Å². The quantitative estimate of drug-likeness (QED) is 0.833. The van der Waals surface area contributed by atoms with Crippen LogP contribution in [0.5, 0.6) is 0 Å². The van der Waals surface area contributed by atoms with Crippen LogP contribution in [-0.2, 0) is 11.0 Å². The van der Waals surface area contributed by atoms with E-state index in [2.05, 4.69) is 25.6 Å². The monoisotopic (exact) mass is 320 g/mol. The fourth-order valence-electron chi connectivity index (χ4n) is 1.12. The summed E-state index contributed by atoms with van der Waals surface area (Å²) >= 11 is 3.27. The summed E-state index contributed by atoms with van der Waals surface area (Å²) in [4.78, 5) is 4.24. The summed E-state index contributed by atoms with van der Waals surface area (Å²) in [7, 11) is -1.24. The molecule has 96 valence electrons. The van der Waals surface area contributed by atoms with Gasteiger partial charge in [-0.05, 0) is 48.8 Å². The molecular formula is C11H17BrN2O2S. The lowest BCUT2D eigenvalue weighted by molar-refractivity contribution is 0.257. The predicted molar refractivity (Wildman–Crippen MR) is 72.8 cm³/mol. The molecule has 2 N–H and O–H groups in total. The molecule has 1 unspecified atom stereocenters. The van der Waals surface area contributed by atoms with E-state index in [1.165, 1.54) is 0 Å². The molecule has 0 saturated carbocycles. The standard InChI is InChI=1S/C11H17BrN2O2S/c1-11(2,3)17(16)14-9(7-15)8-5-4-6-10(12)13-8/h4-6,9,14-15H,7H2,1-3H3/t9-,17?/m1/s1. The van der Waals surface area contributed by atoms with Crippen LogP contribution in [0.3, 0.4) is 0 Å². The Bertz CT molecular complexity index is 407. The van der Waals surface area contributed by atoms with Crippen molar-refractivity contribution in [2.45, 2.75) is 31.6 Å². The fourth-order valence-corrected chi connectivity index (χ4v) is 2.28. The molecule has 0 aliphatic heterocycles. The van der Waals surface area contributed by atoms with E-state index >= 15 is 0 Å². The van der Waals surface area contributed by atoms with Crippen LogP contribution in [0.15, 0.2) is 22.8 Å². The molecule has 0 radical (unpaired) electrons. The van der Waals surface area contributed by atoms with Crippen LogP contribution in [0, 0.1) is 0 Å². The number of aromatic nitrogens is 1. The zero-order valence-corrected chi connectivity index (χ0v) is 12.5. The maximum atomic E-state index is 11.9. The predicted octanol–water partition coefficient (Wildman–Crippen LogP) is 1.93. The van der Waals surface area contributed by atoms with Gasteiger partial charge in [-0.1, -0.05) is 6.07 Å². The maximum absolute atomic E-state index is 11.9. The molecule has 1 aromatic rings. The third-order valence-electron chi connectivity index (χ3n) is 2.08. The molecule has 0 aromatic carbocycles. The topological polar surface area (TPSA) is 62.2 Å². The van der Waals surface area contributed by atoms with Gasteiger partial charge >= 0.3 is 0 Å². The van der Waals surface area contributed by atoms with Gasteiger partial charge in [0.2, 0.25) is 0 Å². The molecule has 1 rings (SSSR count). The Hall–Kier alpha value is -0.300. The highest BCUT2D eigenvalue weighted by molar-refractivity contribution is 9.10. The highest BCUT2D eigenvalue weighted by Gasteiger charge is 2.23. The number of nitrogens with one attached hydrogen (secondary N) is 1. The average molecular weight is 321 g/mol. The summed E-state index contributed by atoms with van der Waals surface area (Å²) in [6.45, 7) is 5.47. The first-order valence-corrected chi connectivity index (χ1v) is 7.20. The van der Waals surface area contributed by atoms with Crippen molar-refractivity contribution in [2.75, 3.05) is 6.61 Å². The zero-order valence-electron chi connectivity index (χ0n) is 10.1. The smallest absolute Gasteiger partial charge is 0.106 e. The van der Waals surface area contributed by atoms with Crippen LogP contribution in [0.4, 0.5) is 0 Å². The first-order chi connectivity index (χ1) is 7.84. The Balaban J connectivity index is 2.83. The SMILES string of the molecule is CC(C)(C)S(=O)N[C@H](CO)c1cccc(Br)n1. The molecule has 1 aromatic heterocycles. The highest BCUT2D eigenvalue weighted by atomic mass is 79.9. The third-order valence-corrected chi connectivity index (χ3v) is 4.13. The number of halogens is 1. The Morgan fingerprint density at radius 2 is 2.18 bits per heavy atom. The van der Waals surface area contributed by atoms with Crippen LogP contribution >= 0.6 is 15.9 Å². The molecule has 0 aliphatic carbocycles. The van der Waals surface area contributed by atoms with Gasteiger partial charge in [-0.2, -0.15) is 0 Å². The molecule has 4 nitrogen and oxygen atoms in total. The first-order valence-electron chi connectivity index (χ1n) is 5.26. The molecule has 0 spiro atoms. The lowest BCUT2D eigenvalue weighted by Gasteiger charge is -2.22. The summed E-state index contributed by atoms with van der Waals surface area (Å²) < 4.78 is 15.1. The molecule has 2 atom stereocenters. The van der Waals surface area contributed by atoms with Gasteiger partial charge in [0.15, 0.2) is 0 Å². The second-order valence-corrected chi connectivity index (χ2v) is 7.43. The molecular weight excluding hydrogens is 304 g/mol. The maximum Gasteiger partial charge on any atom is 0.106 e. The average Bonchev–Trinajstić information content (AvgIpc) is 2.24. The largest absolute Gasteiger partial charge is 0.394 e. The Morgan fingerprint density at radius 1 is 1.53 bits per heavy atom.